The van der Waals surface area contributed by atoms with Gasteiger partial charge in [-0.2, -0.15) is 0 Å². The molecular weight excluding hydrogens is 364 g/mol. The van der Waals surface area contributed by atoms with Gasteiger partial charge < -0.3 is 10.1 Å². The Labute approximate surface area is 160 Å². The van der Waals surface area contributed by atoms with E-state index in [0.717, 1.165) is 29.7 Å². The van der Waals surface area contributed by atoms with Crippen molar-refractivity contribution in [1.82, 2.24) is 10.0 Å². The smallest absolute Gasteiger partial charge is 0.251 e. The van der Waals surface area contributed by atoms with Crippen molar-refractivity contribution in [3.05, 3.63) is 59.2 Å². The van der Waals surface area contributed by atoms with Gasteiger partial charge in [0, 0.05) is 11.6 Å². The van der Waals surface area contributed by atoms with Crippen molar-refractivity contribution < 1.29 is 17.9 Å². The lowest BCUT2D eigenvalue weighted by atomic mass is 10.1. The zero-order valence-electron chi connectivity index (χ0n) is 15.5. The standard InChI is InChI=1S/C20H24N2O4S/c1-14-3-8-17(9-4-14)26-12-11-21-20(23)19-13-18(10-5-15(19)2)27(24,25)22-16-6-7-16/h3-5,8-10,13,16,22H,6-7,11-12H2,1-2H3,(H,21,23). The summed E-state index contributed by atoms with van der Waals surface area (Å²) < 4.78 is 32.9. The first-order chi connectivity index (χ1) is 12.8. The van der Waals surface area contributed by atoms with Crippen LogP contribution in [-0.2, 0) is 10.0 Å². The van der Waals surface area contributed by atoms with Crippen molar-refractivity contribution in [3.63, 3.8) is 0 Å². The quantitative estimate of drug-likeness (QED) is 0.681. The molecule has 2 N–H and O–H groups in total. The van der Waals surface area contributed by atoms with Gasteiger partial charge >= 0.3 is 0 Å². The van der Waals surface area contributed by atoms with Crippen LogP contribution in [0.4, 0.5) is 0 Å². The number of carbonyl (C=O) groups is 1. The summed E-state index contributed by atoms with van der Waals surface area (Å²) in [5, 5.41) is 2.77. The minimum Gasteiger partial charge on any atom is -0.492 e. The molecule has 1 amide bonds. The van der Waals surface area contributed by atoms with Gasteiger partial charge in [0.1, 0.15) is 12.4 Å². The molecule has 0 unspecified atom stereocenters. The number of rotatable bonds is 8. The third-order valence-corrected chi connectivity index (χ3v) is 5.86. The van der Waals surface area contributed by atoms with Crippen LogP contribution in [0.25, 0.3) is 0 Å². The van der Waals surface area contributed by atoms with Crippen LogP contribution < -0.4 is 14.8 Å². The summed E-state index contributed by atoms with van der Waals surface area (Å²) in [6.07, 6.45) is 1.72. The van der Waals surface area contributed by atoms with Gasteiger partial charge in [-0.3, -0.25) is 4.79 Å². The predicted octanol–water partition coefficient (Wildman–Crippen LogP) is 2.55. The second kappa shape index (κ2) is 8.10. The molecule has 1 saturated carbocycles. The third kappa shape index (κ3) is 5.30. The lowest BCUT2D eigenvalue weighted by Crippen LogP contribution is -2.29. The molecule has 2 aromatic carbocycles. The number of hydrogen-bond donors (Lipinski definition) is 2. The summed E-state index contributed by atoms with van der Waals surface area (Å²) in [5.74, 6) is 0.425. The highest BCUT2D eigenvalue weighted by Crippen LogP contribution is 2.23. The number of carbonyl (C=O) groups excluding carboxylic acids is 1. The van der Waals surface area contributed by atoms with E-state index in [1.165, 1.54) is 12.1 Å². The fraction of sp³-hybridized carbons (Fsp3) is 0.350. The predicted molar refractivity (Wildman–Crippen MR) is 104 cm³/mol. The largest absolute Gasteiger partial charge is 0.492 e. The molecule has 0 saturated heterocycles. The van der Waals surface area contributed by atoms with E-state index < -0.39 is 10.0 Å². The van der Waals surface area contributed by atoms with Crippen molar-refractivity contribution in [1.29, 1.82) is 0 Å². The summed E-state index contributed by atoms with van der Waals surface area (Å²) >= 11 is 0. The monoisotopic (exact) mass is 388 g/mol. The lowest BCUT2D eigenvalue weighted by molar-refractivity contribution is 0.0946. The Balaban J connectivity index is 1.58. The van der Waals surface area contributed by atoms with Gasteiger partial charge in [0.25, 0.3) is 5.91 Å². The molecule has 1 aliphatic carbocycles. The van der Waals surface area contributed by atoms with E-state index >= 15 is 0 Å². The summed E-state index contributed by atoms with van der Waals surface area (Å²) in [6.45, 7) is 4.43. The maximum Gasteiger partial charge on any atom is 0.251 e. The number of nitrogens with one attached hydrogen (secondary N) is 2. The highest BCUT2D eigenvalue weighted by molar-refractivity contribution is 7.89. The molecular formula is C20H24N2O4S. The van der Waals surface area contributed by atoms with E-state index in [0.29, 0.717) is 18.7 Å². The van der Waals surface area contributed by atoms with E-state index in [1.54, 1.807) is 13.0 Å². The van der Waals surface area contributed by atoms with Crippen LogP contribution in [-0.4, -0.2) is 33.5 Å². The van der Waals surface area contributed by atoms with Gasteiger partial charge in [0.05, 0.1) is 11.4 Å². The maximum atomic E-state index is 12.5. The second-order valence-corrected chi connectivity index (χ2v) is 8.50. The van der Waals surface area contributed by atoms with Crippen LogP contribution in [0.15, 0.2) is 47.4 Å². The fourth-order valence-electron chi connectivity index (χ4n) is 2.56. The Morgan fingerprint density at radius 2 is 1.81 bits per heavy atom. The van der Waals surface area contributed by atoms with Crippen LogP contribution in [0.5, 0.6) is 5.75 Å². The molecule has 1 aliphatic rings. The van der Waals surface area contributed by atoms with Gasteiger partial charge in [-0.1, -0.05) is 23.8 Å². The minimum atomic E-state index is -3.59. The zero-order chi connectivity index (χ0) is 19.4. The topological polar surface area (TPSA) is 84.5 Å². The van der Waals surface area contributed by atoms with Gasteiger partial charge in [0.15, 0.2) is 0 Å². The Morgan fingerprint density at radius 1 is 1.11 bits per heavy atom. The molecule has 1 fully saturated rings. The highest BCUT2D eigenvalue weighted by atomic mass is 32.2. The highest BCUT2D eigenvalue weighted by Gasteiger charge is 2.28. The third-order valence-electron chi connectivity index (χ3n) is 4.34. The molecule has 0 spiro atoms. The fourth-order valence-corrected chi connectivity index (χ4v) is 3.90. The average Bonchev–Trinajstić information content (AvgIpc) is 3.43. The number of hydrogen-bond acceptors (Lipinski definition) is 4. The molecule has 27 heavy (non-hydrogen) atoms. The normalized spacial score (nSPS) is 14.0. The van der Waals surface area contributed by atoms with Crippen LogP contribution in [0.1, 0.15) is 34.3 Å². The zero-order valence-corrected chi connectivity index (χ0v) is 16.3. The summed E-state index contributed by atoms with van der Waals surface area (Å²) in [6, 6.07) is 12.3. The summed E-state index contributed by atoms with van der Waals surface area (Å²) in [4.78, 5) is 12.6. The van der Waals surface area contributed by atoms with Crippen molar-refractivity contribution in [2.45, 2.75) is 37.6 Å². The first-order valence-corrected chi connectivity index (χ1v) is 10.4. The molecule has 2 aromatic rings. The van der Waals surface area contributed by atoms with Crippen molar-refractivity contribution in [2.75, 3.05) is 13.2 Å². The molecule has 0 radical (unpaired) electrons. The van der Waals surface area contributed by atoms with E-state index in [-0.39, 0.29) is 16.8 Å². The Morgan fingerprint density at radius 3 is 2.48 bits per heavy atom. The average molecular weight is 388 g/mol. The van der Waals surface area contributed by atoms with Gasteiger partial charge in [-0.05, 0) is 56.5 Å². The number of ether oxygens (including phenoxy) is 1. The van der Waals surface area contributed by atoms with Crippen molar-refractivity contribution in [3.8, 4) is 5.75 Å². The molecule has 7 heteroatoms. The first kappa shape index (κ1) is 19.4. The SMILES string of the molecule is Cc1ccc(OCCNC(=O)c2cc(S(=O)(=O)NC3CC3)ccc2C)cc1. The second-order valence-electron chi connectivity index (χ2n) is 6.79. The molecule has 0 atom stereocenters. The molecule has 0 heterocycles. The van der Waals surface area contributed by atoms with E-state index in [2.05, 4.69) is 10.0 Å². The summed E-state index contributed by atoms with van der Waals surface area (Å²) in [5.41, 5.74) is 2.22. The van der Waals surface area contributed by atoms with E-state index in [1.807, 2.05) is 31.2 Å². The maximum absolute atomic E-state index is 12.5. The summed E-state index contributed by atoms with van der Waals surface area (Å²) in [7, 11) is -3.59. The minimum absolute atomic E-state index is 0.0208. The van der Waals surface area contributed by atoms with E-state index in [9.17, 15) is 13.2 Å². The van der Waals surface area contributed by atoms with Crippen LogP contribution in [0.2, 0.25) is 0 Å². The molecule has 0 bridgehead atoms. The lowest BCUT2D eigenvalue weighted by Gasteiger charge is -2.11. The molecule has 6 nitrogen and oxygen atoms in total. The molecule has 144 valence electrons. The number of aryl methyl sites for hydroxylation is 2. The van der Waals surface area contributed by atoms with Crippen molar-refractivity contribution >= 4 is 15.9 Å². The molecule has 3 rings (SSSR count). The number of benzene rings is 2. The van der Waals surface area contributed by atoms with Gasteiger partial charge in [-0.15, -0.1) is 0 Å². The van der Waals surface area contributed by atoms with E-state index in [4.69, 9.17) is 4.74 Å². The molecule has 0 aromatic heterocycles. The molecule has 0 aliphatic heterocycles. The van der Waals surface area contributed by atoms with Crippen LogP contribution in [0, 0.1) is 13.8 Å². The van der Waals surface area contributed by atoms with Gasteiger partial charge in [0.2, 0.25) is 10.0 Å². The first-order valence-electron chi connectivity index (χ1n) is 8.96. The van der Waals surface area contributed by atoms with Crippen LogP contribution >= 0.6 is 0 Å². The van der Waals surface area contributed by atoms with Gasteiger partial charge in [-0.25, -0.2) is 13.1 Å². The van der Waals surface area contributed by atoms with Crippen LogP contribution in [0.3, 0.4) is 0 Å². The van der Waals surface area contributed by atoms with Crippen molar-refractivity contribution in [2.24, 2.45) is 0 Å². The Kier molecular flexibility index (Phi) is 5.82. The Hall–Kier alpha value is -2.38. The number of sulfonamides is 1. The number of amides is 1. The Bertz CT molecular complexity index is 919.